The Morgan fingerprint density at radius 3 is 1.20 bits per heavy atom. The summed E-state index contributed by atoms with van der Waals surface area (Å²) in [5, 5.41) is 0. The van der Waals surface area contributed by atoms with Gasteiger partial charge in [-0.25, -0.2) is 9.59 Å². The smallest absolute Gasteiger partial charge is 0.410 e. The number of ether oxygens (including phenoxy) is 2. The molecule has 2 aliphatic heterocycles. The van der Waals surface area contributed by atoms with Crippen molar-refractivity contribution in [2.75, 3.05) is 26.2 Å². The lowest BCUT2D eigenvalue weighted by Gasteiger charge is -2.24. The maximum atomic E-state index is 13.3. The van der Waals surface area contributed by atoms with Gasteiger partial charge in [0.25, 0.3) is 0 Å². The summed E-state index contributed by atoms with van der Waals surface area (Å²) >= 11 is 0. The first kappa shape index (κ1) is 33.2. The van der Waals surface area contributed by atoms with Crippen LogP contribution in [-0.4, -0.2) is 94.1 Å². The second-order valence-electron chi connectivity index (χ2n) is 14.8. The van der Waals surface area contributed by atoms with Gasteiger partial charge in [-0.2, -0.15) is 0 Å². The van der Waals surface area contributed by atoms with Gasteiger partial charge in [-0.1, -0.05) is 0 Å². The van der Waals surface area contributed by atoms with Crippen LogP contribution in [0.4, 0.5) is 9.59 Å². The van der Waals surface area contributed by atoms with Crippen molar-refractivity contribution in [3.63, 3.8) is 0 Å². The number of hydrogen-bond donors (Lipinski definition) is 0. The zero-order chi connectivity index (χ0) is 33.9. The van der Waals surface area contributed by atoms with Crippen LogP contribution in [-0.2, 0) is 19.1 Å². The van der Waals surface area contributed by atoms with Crippen LogP contribution in [0, 0.1) is 23.7 Å². The number of hydrogen-bond acceptors (Lipinski definition) is 10. The molecule has 1 aromatic rings. The molecule has 2 atom stereocenters. The predicted molar refractivity (Wildman–Crippen MR) is 162 cm³/mol. The van der Waals surface area contributed by atoms with Crippen LogP contribution in [0.2, 0.25) is 0 Å². The van der Waals surface area contributed by atoms with E-state index in [1.165, 1.54) is 21.9 Å². The third-order valence-corrected chi connectivity index (χ3v) is 8.77. The van der Waals surface area contributed by atoms with E-state index in [9.17, 15) is 38.4 Å². The van der Waals surface area contributed by atoms with Gasteiger partial charge in [-0.05, 0) is 78.4 Å². The number of fused-ring (bicyclic) bond motifs is 2. The van der Waals surface area contributed by atoms with Crippen molar-refractivity contribution in [1.82, 2.24) is 9.80 Å². The summed E-state index contributed by atoms with van der Waals surface area (Å²) in [6, 6.07) is 2.34. The molecular weight excluding hydrogens is 596 g/mol. The Kier molecular flexibility index (Phi) is 8.54. The Bertz CT molecular complexity index is 1400. The molecule has 2 unspecified atom stereocenters. The molecular formula is C34H40N2O10. The van der Waals surface area contributed by atoms with Crippen molar-refractivity contribution in [3.05, 3.63) is 34.4 Å². The summed E-state index contributed by atoms with van der Waals surface area (Å²) in [7, 11) is 0. The summed E-state index contributed by atoms with van der Waals surface area (Å²) in [5.74, 6) is -7.76. The SMILES string of the molecule is CC(C)(C)OC(=O)N1CCC(CC(=O)C2C(=O)c3cc4c(cc3C2=O)C(=O)C(C(=O)CC2CCN(C(=O)OC(C)(C)C)C2)C4=O)C1. The van der Waals surface area contributed by atoms with Gasteiger partial charge in [0.1, 0.15) is 23.0 Å². The maximum absolute atomic E-state index is 13.3. The first-order valence-electron chi connectivity index (χ1n) is 15.7. The molecule has 0 aromatic heterocycles. The normalized spacial score (nSPS) is 22.0. The molecule has 0 N–H and O–H groups in total. The molecule has 4 aliphatic rings. The highest BCUT2D eigenvalue weighted by atomic mass is 16.6. The van der Waals surface area contributed by atoms with Crippen molar-refractivity contribution in [1.29, 1.82) is 0 Å². The lowest BCUT2D eigenvalue weighted by Crippen LogP contribution is -2.35. The largest absolute Gasteiger partial charge is 0.444 e. The third-order valence-electron chi connectivity index (χ3n) is 8.77. The average Bonchev–Trinajstić information content (AvgIpc) is 3.69. The number of Topliss-reactive ketones (excluding diaryl/α,β-unsaturated/α-hetero) is 6. The van der Waals surface area contributed by atoms with Gasteiger partial charge in [0.05, 0.1) is 0 Å². The first-order chi connectivity index (χ1) is 21.3. The molecule has 1 aromatic carbocycles. The van der Waals surface area contributed by atoms with Gasteiger partial charge >= 0.3 is 12.2 Å². The van der Waals surface area contributed by atoms with E-state index in [0.29, 0.717) is 25.9 Å². The third kappa shape index (κ3) is 6.52. The number of carbonyl (C=O) groups excluding carboxylic acids is 8. The fourth-order valence-corrected chi connectivity index (χ4v) is 6.65. The van der Waals surface area contributed by atoms with Crippen LogP contribution in [0.25, 0.3) is 0 Å². The van der Waals surface area contributed by atoms with Gasteiger partial charge in [0.2, 0.25) is 0 Å². The molecule has 2 fully saturated rings. The Labute approximate surface area is 267 Å². The number of amides is 2. The second kappa shape index (κ2) is 11.9. The Morgan fingerprint density at radius 1 is 0.609 bits per heavy atom. The summed E-state index contributed by atoms with van der Waals surface area (Å²) in [5.41, 5.74) is -1.78. The van der Waals surface area contributed by atoms with Gasteiger partial charge < -0.3 is 19.3 Å². The molecule has 2 aliphatic carbocycles. The second-order valence-corrected chi connectivity index (χ2v) is 14.8. The lowest BCUT2D eigenvalue weighted by molar-refractivity contribution is -0.122. The van der Waals surface area contributed by atoms with E-state index in [1.807, 2.05) is 0 Å². The molecule has 46 heavy (non-hydrogen) atoms. The predicted octanol–water partition coefficient (Wildman–Crippen LogP) is 4.11. The van der Waals surface area contributed by atoms with Crippen molar-refractivity contribution in [2.45, 2.75) is 78.4 Å². The van der Waals surface area contributed by atoms with Crippen LogP contribution in [0.15, 0.2) is 12.1 Å². The highest BCUT2D eigenvalue weighted by molar-refractivity contribution is 6.39. The fourth-order valence-electron chi connectivity index (χ4n) is 6.65. The number of carbonyl (C=O) groups is 8. The minimum absolute atomic E-state index is 0.0872. The van der Waals surface area contributed by atoms with Crippen LogP contribution < -0.4 is 0 Å². The molecule has 2 saturated heterocycles. The first-order valence-corrected chi connectivity index (χ1v) is 15.7. The van der Waals surface area contributed by atoms with Crippen molar-refractivity contribution in [3.8, 4) is 0 Å². The number of ketones is 6. The molecule has 2 amide bonds. The molecule has 0 bridgehead atoms. The molecule has 12 nitrogen and oxygen atoms in total. The van der Waals surface area contributed by atoms with Gasteiger partial charge in [0.15, 0.2) is 34.7 Å². The fraction of sp³-hybridized carbons (Fsp3) is 0.588. The number of likely N-dealkylation sites (tertiary alicyclic amines) is 2. The zero-order valence-corrected chi connectivity index (χ0v) is 27.1. The van der Waals surface area contributed by atoms with Gasteiger partial charge in [-0.15, -0.1) is 0 Å². The minimum atomic E-state index is -1.58. The summed E-state index contributed by atoms with van der Waals surface area (Å²) in [4.78, 5) is 108. The molecule has 0 radical (unpaired) electrons. The molecule has 246 valence electrons. The summed E-state index contributed by atoms with van der Waals surface area (Å²) in [6.07, 6.45) is -0.130. The van der Waals surface area contributed by atoms with Crippen LogP contribution in [0.3, 0.4) is 0 Å². The van der Waals surface area contributed by atoms with Crippen molar-refractivity contribution < 1.29 is 47.8 Å². The lowest BCUT2D eigenvalue weighted by atomic mass is 9.90. The quantitative estimate of drug-likeness (QED) is 0.416. The zero-order valence-electron chi connectivity index (χ0n) is 27.1. The van der Waals surface area contributed by atoms with Crippen LogP contribution in [0.5, 0.6) is 0 Å². The van der Waals surface area contributed by atoms with Crippen LogP contribution in [0.1, 0.15) is 109 Å². The molecule has 2 heterocycles. The van der Waals surface area contributed by atoms with E-state index in [0.717, 1.165) is 0 Å². The van der Waals surface area contributed by atoms with Gasteiger partial charge in [-0.3, -0.25) is 28.8 Å². The Morgan fingerprint density at radius 2 is 0.913 bits per heavy atom. The summed E-state index contributed by atoms with van der Waals surface area (Å²) < 4.78 is 10.8. The van der Waals surface area contributed by atoms with E-state index in [2.05, 4.69) is 0 Å². The van der Waals surface area contributed by atoms with E-state index in [-0.39, 0.29) is 60.0 Å². The average molecular weight is 637 g/mol. The number of nitrogens with zero attached hydrogens (tertiary/aromatic N) is 2. The molecule has 0 saturated carbocycles. The van der Waals surface area contributed by atoms with Gasteiger partial charge in [0, 0.05) is 61.3 Å². The van der Waals surface area contributed by atoms with E-state index in [1.54, 1.807) is 41.5 Å². The standard InChI is InChI=1S/C34H40N2O10/c1-33(2,3)45-31(43)35-9-7-17(15-35)11-23(37)25-27(39)19-13-21-22(14-20(19)28(25)40)30(42)26(29(21)41)24(38)12-18-8-10-36(16-18)32(44)46-34(4,5)6/h13-14,17-18,25-26H,7-12,15-16H2,1-6H3. The van der Waals surface area contributed by atoms with Crippen LogP contribution >= 0.6 is 0 Å². The van der Waals surface area contributed by atoms with E-state index >= 15 is 0 Å². The Hall–Kier alpha value is -4.22. The molecule has 0 spiro atoms. The van der Waals surface area contributed by atoms with Crippen molar-refractivity contribution in [2.24, 2.45) is 23.7 Å². The summed E-state index contributed by atoms with van der Waals surface area (Å²) in [6.45, 7) is 11.8. The molecule has 12 heteroatoms. The number of benzene rings is 1. The highest BCUT2D eigenvalue weighted by Crippen LogP contribution is 2.38. The van der Waals surface area contributed by atoms with Crippen molar-refractivity contribution >= 4 is 46.9 Å². The maximum Gasteiger partial charge on any atom is 0.410 e. The topological polar surface area (TPSA) is 161 Å². The Balaban J connectivity index is 1.22. The molecule has 5 rings (SSSR count). The van der Waals surface area contributed by atoms with E-state index < -0.39 is 69.9 Å². The monoisotopic (exact) mass is 636 g/mol. The highest BCUT2D eigenvalue weighted by Gasteiger charge is 2.49. The minimum Gasteiger partial charge on any atom is -0.444 e. The number of rotatable bonds is 6. The van der Waals surface area contributed by atoms with E-state index in [4.69, 9.17) is 9.47 Å².